The van der Waals surface area contributed by atoms with Gasteiger partial charge in [-0.15, -0.1) is 0 Å². The third-order valence-corrected chi connectivity index (χ3v) is 3.78. The van der Waals surface area contributed by atoms with E-state index in [2.05, 4.69) is 9.97 Å². The SMILES string of the molecule is CC(c1ccncn1)N(C)C(=O)COc1ccc(Cl)cc1Cl. The zero-order valence-corrected chi connectivity index (χ0v) is 13.7. The van der Waals surface area contributed by atoms with Crippen molar-refractivity contribution in [2.45, 2.75) is 13.0 Å². The first-order chi connectivity index (χ1) is 10.5. The van der Waals surface area contributed by atoms with E-state index in [0.717, 1.165) is 5.69 Å². The van der Waals surface area contributed by atoms with Gasteiger partial charge in [-0.05, 0) is 31.2 Å². The quantitative estimate of drug-likeness (QED) is 0.837. The smallest absolute Gasteiger partial charge is 0.260 e. The first kappa shape index (κ1) is 16.5. The molecular formula is C15H15Cl2N3O2. The van der Waals surface area contributed by atoms with Gasteiger partial charge in [0.05, 0.1) is 16.8 Å². The van der Waals surface area contributed by atoms with Gasteiger partial charge in [-0.25, -0.2) is 9.97 Å². The number of carbonyl (C=O) groups excluding carboxylic acids is 1. The van der Waals surface area contributed by atoms with Crippen molar-refractivity contribution in [3.05, 3.63) is 52.5 Å². The molecule has 1 unspecified atom stereocenters. The molecule has 0 bridgehead atoms. The highest BCUT2D eigenvalue weighted by molar-refractivity contribution is 6.35. The topological polar surface area (TPSA) is 55.3 Å². The molecule has 1 amide bonds. The number of amides is 1. The molecule has 0 aliphatic rings. The summed E-state index contributed by atoms with van der Waals surface area (Å²) in [6, 6.07) is 6.44. The van der Waals surface area contributed by atoms with E-state index in [-0.39, 0.29) is 18.6 Å². The predicted octanol–water partition coefficient (Wildman–Crippen LogP) is 3.38. The lowest BCUT2D eigenvalue weighted by Crippen LogP contribution is -2.34. The lowest BCUT2D eigenvalue weighted by molar-refractivity contribution is -0.134. The van der Waals surface area contributed by atoms with E-state index in [4.69, 9.17) is 27.9 Å². The summed E-state index contributed by atoms with van der Waals surface area (Å²) in [6.07, 6.45) is 3.09. The van der Waals surface area contributed by atoms with Crippen molar-refractivity contribution in [1.29, 1.82) is 0 Å². The van der Waals surface area contributed by atoms with Gasteiger partial charge in [-0.3, -0.25) is 4.79 Å². The standard InChI is InChI=1S/C15H15Cl2N3O2/c1-10(13-5-6-18-9-19-13)20(2)15(21)8-22-14-4-3-11(16)7-12(14)17/h3-7,9-10H,8H2,1-2H3. The van der Waals surface area contributed by atoms with Crippen LogP contribution in [0.3, 0.4) is 0 Å². The minimum atomic E-state index is -0.183. The maximum absolute atomic E-state index is 12.2. The highest BCUT2D eigenvalue weighted by atomic mass is 35.5. The van der Waals surface area contributed by atoms with Crippen LogP contribution < -0.4 is 4.74 Å². The first-order valence-corrected chi connectivity index (χ1v) is 7.34. The monoisotopic (exact) mass is 339 g/mol. The molecule has 1 aromatic heterocycles. The average molecular weight is 340 g/mol. The van der Waals surface area contributed by atoms with Crippen LogP contribution in [0.4, 0.5) is 0 Å². The molecule has 0 saturated carbocycles. The zero-order valence-electron chi connectivity index (χ0n) is 12.2. The van der Waals surface area contributed by atoms with Crippen molar-refractivity contribution in [2.24, 2.45) is 0 Å². The van der Waals surface area contributed by atoms with E-state index in [1.54, 1.807) is 42.4 Å². The van der Waals surface area contributed by atoms with Crippen LogP contribution in [0.25, 0.3) is 0 Å². The summed E-state index contributed by atoms with van der Waals surface area (Å²) in [7, 11) is 1.70. The van der Waals surface area contributed by atoms with Crippen molar-refractivity contribution >= 4 is 29.1 Å². The van der Waals surface area contributed by atoms with Gasteiger partial charge in [0, 0.05) is 18.3 Å². The Morgan fingerprint density at radius 1 is 1.36 bits per heavy atom. The van der Waals surface area contributed by atoms with E-state index < -0.39 is 0 Å². The van der Waals surface area contributed by atoms with Gasteiger partial charge < -0.3 is 9.64 Å². The fourth-order valence-corrected chi connectivity index (χ4v) is 2.26. The largest absolute Gasteiger partial charge is 0.482 e. The van der Waals surface area contributed by atoms with Crippen molar-refractivity contribution in [2.75, 3.05) is 13.7 Å². The van der Waals surface area contributed by atoms with Gasteiger partial charge in [0.15, 0.2) is 6.61 Å². The summed E-state index contributed by atoms with van der Waals surface area (Å²) in [5, 5.41) is 0.880. The molecule has 0 saturated heterocycles. The highest BCUT2D eigenvalue weighted by Crippen LogP contribution is 2.27. The minimum Gasteiger partial charge on any atom is -0.482 e. The number of rotatable bonds is 5. The molecule has 0 N–H and O–H groups in total. The molecule has 116 valence electrons. The summed E-state index contributed by atoms with van der Waals surface area (Å²) >= 11 is 11.8. The average Bonchev–Trinajstić information content (AvgIpc) is 2.53. The summed E-state index contributed by atoms with van der Waals surface area (Å²) in [5.41, 5.74) is 0.760. The third kappa shape index (κ3) is 4.08. The van der Waals surface area contributed by atoms with Crippen LogP contribution in [-0.4, -0.2) is 34.4 Å². The molecule has 0 aliphatic heterocycles. The van der Waals surface area contributed by atoms with E-state index >= 15 is 0 Å². The van der Waals surface area contributed by atoms with Crippen LogP contribution in [0.5, 0.6) is 5.75 Å². The molecule has 2 rings (SSSR count). The second-order valence-electron chi connectivity index (χ2n) is 4.68. The van der Waals surface area contributed by atoms with E-state index in [0.29, 0.717) is 15.8 Å². The van der Waals surface area contributed by atoms with E-state index in [9.17, 15) is 4.79 Å². The molecule has 0 spiro atoms. The van der Waals surface area contributed by atoms with Crippen molar-refractivity contribution in [1.82, 2.24) is 14.9 Å². The second kappa shape index (κ2) is 7.42. The van der Waals surface area contributed by atoms with Crippen LogP contribution in [0.1, 0.15) is 18.7 Å². The van der Waals surface area contributed by atoms with Gasteiger partial charge in [-0.2, -0.15) is 0 Å². The molecular weight excluding hydrogens is 325 g/mol. The van der Waals surface area contributed by atoms with Crippen LogP contribution in [0, 0.1) is 0 Å². The normalized spacial score (nSPS) is 11.8. The maximum Gasteiger partial charge on any atom is 0.260 e. The fourth-order valence-electron chi connectivity index (χ4n) is 1.80. The zero-order chi connectivity index (χ0) is 16.1. The minimum absolute atomic E-state index is 0.118. The molecule has 1 aromatic carbocycles. The number of ether oxygens (including phenoxy) is 1. The Morgan fingerprint density at radius 2 is 2.14 bits per heavy atom. The predicted molar refractivity (Wildman–Crippen MR) is 85.2 cm³/mol. The maximum atomic E-state index is 12.2. The molecule has 0 aliphatic carbocycles. The molecule has 0 fully saturated rings. The van der Waals surface area contributed by atoms with Crippen LogP contribution in [-0.2, 0) is 4.79 Å². The van der Waals surface area contributed by atoms with Crippen LogP contribution in [0.2, 0.25) is 10.0 Å². The first-order valence-electron chi connectivity index (χ1n) is 6.58. The van der Waals surface area contributed by atoms with Crippen molar-refractivity contribution in [3.8, 4) is 5.75 Å². The number of halogens is 2. The Kier molecular flexibility index (Phi) is 5.57. The lowest BCUT2D eigenvalue weighted by atomic mass is 10.2. The fraction of sp³-hybridized carbons (Fsp3) is 0.267. The Labute approximate surface area is 138 Å². The molecule has 7 heteroatoms. The van der Waals surface area contributed by atoms with Crippen LogP contribution >= 0.6 is 23.2 Å². The van der Waals surface area contributed by atoms with E-state index in [1.165, 1.54) is 6.33 Å². The summed E-state index contributed by atoms with van der Waals surface area (Å²) in [5.74, 6) is 0.236. The van der Waals surface area contributed by atoms with Crippen LogP contribution in [0.15, 0.2) is 36.8 Å². The Bertz CT molecular complexity index is 652. The molecule has 1 atom stereocenters. The molecule has 2 aromatic rings. The van der Waals surface area contributed by atoms with Gasteiger partial charge in [-0.1, -0.05) is 23.2 Å². The van der Waals surface area contributed by atoms with Gasteiger partial charge >= 0.3 is 0 Å². The molecule has 1 heterocycles. The summed E-state index contributed by atoms with van der Waals surface area (Å²) < 4.78 is 5.45. The third-order valence-electron chi connectivity index (χ3n) is 3.25. The Hall–Kier alpha value is -1.85. The number of benzene rings is 1. The number of nitrogens with zero attached hydrogens (tertiary/aromatic N) is 3. The van der Waals surface area contributed by atoms with E-state index in [1.807, 2.05) is 6.92 Å². The molecule has 5 nitrogen and oxygen atoms in total. The number of hydrogen-bond acceptors (Lipinski definition) is 4. The highest BCUT2D eigenvalue weighted by Gasteiger charge is 2.19. The molecule has 0 radical (unpaired) electrons. The number of likely N-dealkylation sites (N-methyl/N-ethyl adjacent to an activating group) is 1. The van der Waals surface area contributed by atoms with Gasteiger partial charge in [0.25, 0.3) is 5.91 Å². The van der Waals surface area contributed by atoms with Gasteiger partial charge in [0.1, 0.15) is 12.1 Å². The second-order valence-corrected chi connectivity index (χ2v) is 5.52. The lowest BCUT2D eigenvalue weighted by Gasteiger charge is -2.24. The number of aromatic nitrogens is 2. The summed E-state index contributed by atoms with van der Waals surface area (Å²) in [4.78, 5) is 21.8. The van der Waals surface area contributed by atoms with Crippen molar-refractivity contribution < 1.29 is 9.53 Å². The number of hydrogen-bond donors (Lipinski definition) is 0. The summed E-state index contributed by atoms with van der Waals surface area (Å²) in [6.45, 7) is 1.77. The van der Waals surface area contributed by atoms with Crippen molar-refractivity contribution in [3.63, 3.8) is 0 Å². The number of carbonyl (C=O) groups is 1. The Balaban J connectivity index is 1.97. The Morgan fingerprint density at radius 3 is 2.77 bits per heavy atom. The molecule has 22 heavy (non-hydrogen) atoms. The van der Waals surface area contributed by atoms with Gasteiger partial charge in [0.2, 0.25) is 0 Å².